The molecular weight excluding hydrogens is 380 g/mol. The van der Waals surface area contributed by atoms with E-state index in [9.17, 15) is 4.79 Å². The van der Waals surface area contributed by atoms with Gasteiger partial charge in [0.15, 0.2) is 6.61 Å². The molecule has 29 heavy (non-hydrogen) atoms. The molecule has 0 spiro atoms. The van der Waals surface area contributed by atoms with Gasteiger partial charge in [0.1, 0.15) is 10.8 Å². The van der Waals surface area contributed by atoms with Crippen LogP contribution in [-0.2, 0) is 17.8 Å². The first-order chi connectivity index (χ1) is 14.2. The van der Waals surface area contributed by atoms with Crippen LogP contribution in [0.5, 0.6) is 5.75 Å². The van der Waals surface area contributed by atoms with Crippen molar-refractivity contribution in [2.45, 2.75) is 13.0 Å². The molecule has 1 amide bonds. The van der Waals surface area contributed by atoms with Gasteiger partial charge in [-0.3, -0.25) is 4.79 Å². The third kappa shape index (κ3) is 4.81. The Labute approximate surface area is 174 Å². The van der Waals surface area contributed by atoms with Gasteiger partial charge in [-0.2, -0.15) is 0 Å². The lowest BCUT2D eigenvalue weighted by atomic mass is 10.0. The van der Waals surface area contributed by atoms with Gasteiger partial charge in [0.25, 0.3) is 5.91 Å². The first-order valence-corrected chi connectivity index (χ1v) is 10.3. The summed E-state index contributed by atoms with van der Waals surface area (Å²) < 4.78 is 7.01. The number of ether oxygens (including phenoxy) is 1. The standard InChI is InChI=1S/C24H22N2O2S/c1-26(16-23-25-20-12-6-8-14-22(20)29-23)24(27)17-28-21-13-7-5-11-19(21)15-18-9-3-2-4-10-18/h2-14H,15-17H2,1H3. The molecule has 0 bridgehead atoms. The Bertz CT molecular complexity index is 1080. The van der Waals surface area contributed by atoms with Crippen molar-refractivity contribution in [3.63, 3.8) is 0 Å². The van der Waals surface area contributed by atoms with E-state index in [2.05, 4.69) is 17.1 Å². The molecule has 0 aliphatic rings. The zero-order valence-corrected chi connectivity index (χ0v) is 17.1. The molecule has 0 radical (unpaired) electrons. The van der Waals surface area contributed by atoms with E-state index in [-0.39, 0.29) is 12.5 Å². The Morgan fingerprint density at radius 2 is 1.69 bits per heavy atom. The summed E-state index contributed by atoms with van der Waals surface area (Å²) >= 11 is 1.62. The fraction of sp³-hybridized carbons (Fsp3) is 0.167. The fourth-order valence-electron chi connectivity index (χ4n) is 3.13. The lowest BCUT2D eigenvalue weighted by Gasteiger charge is -2.17. The van der Waals surface area contributed by atoms with Gasteiger partial charge in [-0.25, -0.2) is 4.98 Å². The SMILES string of the molecule is CN(Cc1nc2ccccc2s1)C(=O)COc1ccccc1Cc1ccccc1. The molecular formula is C24H22N2O2S. The molecule has 0 N–H and O–H groups in total. The number of thiazole rings is 1. The highest BCUT2D eigenvalue weighted by molar-refractivity contribution is 7.18. The second-order valence-electron chi connectivity index (χ2n) is 6.88. The smallest absolute Gasteiger partial charge is 0.260 e. The number of carbonyl (C=O) groups excluding carboxylic acids is 1. The molecule has 0 fully saturated rings. The predicted molar refractivity (Wildman–Crippen MR) is 117 cm³/mol. The molecule has 0 atom stereocenters. The second-order valence-corrected chi connectivity index (χ2v) is 8.00. The summed E-state index contributed by atoms with van der Waals surface area (Å²) in [5.74, 6) is 0.678. The zero-order valence-electron chi connectivity index (χ0n) is 16.2. The van der Waals surface area contributed by atoms with Crippen molar-refractivity contribution in [3.05, 3.63) is 95.0 Å². The molecule has 1 aromatic heterocycles. The highest BCUT2D eigenvalue weighted by Crippen LogP contribution is 2.23. The van der Waals surface area contributed by atoms with E-state index in [0.717, 1.165) is 33.0 Å². The average Bonchev–Trinajstić information content (AvgIpc) is 3.16. The molecule has 0 saturated carbocycles. The third-order valence-electron chi connectivity index (χ3n) is 4.70. The maximum Gasteiger partial charge on any atom is 0.260 e. The topological polar surface area (TPSA) is 42.4 Å². The number of rotatable bonds is 7. The van der Waals surface area contributed by atoms with Gasteiger partial charge < -0.3 is 9.64 Å². The van der Waals surface area contributed by atoms with Crippen LogP contribution in [0.25, 0.3) is 10.2 Å². The molecule has 1 heterocycles. The van der Waals surface area contributed by atoms with Gasteiger partial charge in [-0.05, 0) is 29.3 Å². The van der Waals surface area contributed by atoms with Crippen molar-refractivity contribution in [1.29, 1.82) is 0 Å². The van der Waals surface area contributed by atoms with E-state index < -0.39 is 0 Å². The number of amides is 1. The Kier molecular flexibility index (Phi) is 5.86. The lowest BCUT2D eigenvalue weighted by Crippen LogP contribution is -2.31. The van der Waals surface area contributed by atoms with Crippen LogP contribution in [0.3, 0.4) is 0 Å². The Morgan fingerprint density at radius 3 is 2.52 bits per heavy atom. The first kappa shape index (κ1) is 19.2. The monoisotopic (exact) mass is 402 g/mol. The van der Waals surface area contributed by atoms with E-state index >= 15 is 0 Å². The van der Waals surface area contributed by atoms with Crippen LogP contribution in [-0.4, -0.2) is 29.4 Å². The summed E-state index contributed by atoms with van der Waals surface area (Å²) in [5.41, 5.74) is 3.25. The fourth-order valence-corrected chi connectivity index (χ4v) is 4.16. The van der Waals surface area contributed by atoms with Crippen molar-refractivity contribution < 1.29 is 9.53 Å². The summed E-state index contributed by atoms with van der Waals surface area (Å²) in [7, 11) is 1.79. The summed E-state index contributed by atoms with van der Waals surface area (Å²) in [5, 5.41) is 0.923. The number of benzene rings is 3. The number of likely N-dealkylation sites (N-methyl/N-ethyl adjacent to an activating group) is 1. The maximum atomic E-state index is 12.6. The van der Waals surface area contributed by atoms with Crippen molar-refractivity contribution in [1.82, 2.24) is 9.88 Å². The van der Waals surface area contributed by atoms with Crippen LogP contribution in [0.15, 0.2) is 78.9 Å². The number of hydrogen-bond donors (Lipinski definition) is 0. The Hall–Kier alpha value is -3.18. The molecule has 5 heteroatoms. The number of nitrogens with zero attached hydrogens (tertiary/aromatic N) is 2. The highest BCUT2D eigenvalue weighted by Gasteiger charge is 2.14. The minimum absolute atomic E-state index is 0.00714. The predicted octanol–water partition coefficient (Wildman–Crippen LogP) is 4.92. The number of para-hydroxylation sites is 2. The first-order valence-electron chi connectivity index (χ1n) is 9.52. The molecule has 4 rings (SSSR count). The van der Waals surface area contributed by atoms with Gasteiger partial charge in [-0.15, -0.1) is 11.3 Å². The Morgan fingerprint density at radius 1 is 0.966 bits per heavy atom. The van der Waals surface area contributed by atoms with E-state index in [4.69, 9.17) is 4.74 Å². The van der Waals surface area contributed by atoms with Crippen LogP contribution in [0.1, 0.15) is 16.1 Å². The van der Waals surface area contributed by atoms with E-state index in [0.29, 0.717) is 6.54 Å². The van der Waals surface area contributed by atoms with Crippen LogP contribution in [0, 0.1) is 0 Å². The van der Waals surface area contributed by atoms with Gasteiger partial charge in [0, 0.05) is 13.5 Å². The minimum Gasteiger partial charge on any atom is -0.483 e. The van der Waals surface area contributed by atoms with Crippen molar-refractivity contribution in [2.24, 2.45) is 0 Å². The zero-order chi connectivity index (χ0) is 20.1. The van der Waals surface area contributed by atoms with Gasteiger partial charge in [0.2, 0.25) is 0 Å². The molecule has 3 aromatic carbocycles. The average molecular weight is 403 g/mol. The van der Waals surface area contributed by atoms with Gasteiger partial charge in [-0.1, -0.05) is 60.7 Å². The second kappa shape index (κ2) is 8.88. The van der Waals surface area contributed by atoms with Crippen molar-refractivity contribution in [3.8, 4) is 5.75 Å². The van der Waals surface area contributed by atoms with E-state index in [1.165, 1.54) is 5.56 Å². The van der Waals surface area contributed by atoms with Crippen LogP contribution in [0.2, 0.25) is 0 Å². The van der Waals surface area contributed by atoms with Crippen molar-refractivity contribution >= 4 is 27.5 Å². The third-order valence-corrected chi connectivity index (χ3v) is 5.72. The summed E-state index contributed by atoms with van der Waals surface area (Å²) in [6, 6.07) is 26.1. The molecule has 4 nitrogen and oxygen atoms in total. The number of hydrogen-bond acceptors (Lipinski definition) is 4. The molecule has 0 aliphatic heterocycles. The van der Waals surface area contributed by atoms with E-state index in [1.807, 2.05) is 66.7 Å². The summed E-state index contributed by atoms with van der Waals surface area (Å²) in [6.45, 7) is 0.487. The molecule has 0 saturated heterocycles. The van der Waals surface area contributed by atoms with Gasteiger partial charge >= 0.3 is 0 Å². The Balaban J connectivity index is 1.37. The normalized spacial score (nSPS) is 10.8. The molecule has 0 unspecified atom stereocenters. The minimum atomic E-state index is -0.0706. The maximum absolute atomic E-state index is 12.6. The summed E-state index contributed by atoms with van der Waals surface area (Å²) in [6.07, 6.45) is 0.771. The van der Waals surface area contributed by atoms with Gasteiger partial charge in [0.05, 0.1) is 16.8 Å². The highest BCUT2D eigenvalue weighted by atomic mass is 32.1. The molecule has 146 valence electrons. The number of carbonyl (C=O) groups is 1. The van der Waals surface area contributed by atoms with Crippen LogP contribution < -0.4 is 4.74 Å². The number of aromatic nitrogens is 1. The molecule has 0 aliphatic carbocycles. The van der Waals surface area contributed by atoms with Crippen molar-refractivity contribution in [2.75, 3.05) is 13.7 Å². The summed E-state index contributed by atoms with van der Waals surface area (Å²) in [4.78, 5) is 18.8. The lowest BCUT2D eigenvalue weighted by molar-refractivity contribution is -0.132. The molecule has 4 aromatic rings. The van der Waals surface area contributed by atoms with Crippen LogP contribution >= 0.6 is 11.3 Å². The van der Waals surface area contributed by atoms with Crippen LogP contribution in [0.4, 0.5) is 0 Å². The van der Waals surface area contributed by atoms with E-state index in [1.54, 1.807) is 23.3 Å². The largest absolute Gasteiger partial charge is 0.483 e. The number of fused-ring (bicyclic) bond motifs is 1. The quantitative estimate of drug-likeness (QED) is 0.440.